The molecule has 0 saturated carbocycles. The van der Waals surface area contributed by atoms with Crippen molar-refractivity contribution in [2.45, 2.75) is 39.2 Å². The fourth-order valence-corrected chi connectivity index (χ4v) is 4.28. The van der Waals surface area contributed by atoms with Gasteiger partial charge in [-0.25, -0.2) is 9.97 Å². The smallest absolute Gasteiger partial charge is 0.156 e. The van der Waals surface area contributed by atoms with Crippen molar-refractivity contribution in [3.8, 4) is 0 Å². The number of nitrogens with one attached hydrogen (secondary N) is 1. The summed E-state index contributed by atoms with van der Waals surface area (Å²) in [6.45, 7) is 7.55. The Morgan fingerprint density at radius 2 is 1.88 bits per heavy atom. The number of anilines is 1. The first kappa shape index (κ1) is 16.0. The van der Waals surface area contributed by atoms with E-state index in [2.05, 4.69) is 22.4 Å². The molecule has 1 aliphatic carbocycles. The Bertz CT molecular complexity index is 600. The molecule has 5 heteroatoms. The Morgan fingerprint density at radius 3 is 2.62 bits per heavy atom. The molecule has 1 N–H and O–H groups in total. The van der Waals surface area contributed by atoms with E-state index in [1.165, 1.54) is 29.9 Å². The topological polar surface area (TPSA) is 50.3 Å². The summed E-state index contributed by atoms with van der Waals surface area (Å²) < 4.78 is 5.58. The van der Waals surface area contributed by atoms with E-state index < -0.39 is 0 Å². The lowest BCUT2D eigenvalue weighted by molar-refractivity contribution is 0.128. The standard InChI is InChI=1S/C19H28N4O/c1-2-24-13-18-21-17-8-10-20-9-7-16(17)19(22-18)23-11-14-5-3-4-6-15(14)12-23/h3-4,14-15,20H,2,5-13H2,1H3. The van der Waals surface area contributed by atoms with E-state index in [0.717, 1.165) is 56.7 Å². The molecule has 0 amide bonds. The molecule has 3 aliphatic rings. The molecule has 0 bridgehead atoms. The van der Waals surface area contributed by atoms with Crippen LogP contribution >= 0.6 is 0 Å². The van der Waals surface area contributed by atoms with Crippen LogP contribution in [0.4, 0.5) is 5.82 Å². The summed E-state index contributed by atoms with van der Waals surface area (Å²) in [7, 11) is 0. The molecule has 0 spiro atoms. The Morgan fingerprint density at radius 1 is 1.12 bits per heavy atom. The maximum Gasteiger partial charge on any atom is 0.156 e. The average Bonchev–Trinajstić information content (AvgIpc) is 2.90. The molecule has 130 valence electrons. The van der Waals surface area contributed by atoms with Crippen LogP contribution in [-0.2, 0) is 24.2 Å². The lowest BCUT2D eigenvalue weighted by atomic mass is 9.86. The predicted molar refractivity (Wildman–Crippen MR) is 95.2 cm³/mol. The SMILES string of the molecule is CCOCc1nc2c(c(N3CC4CC=CCC4C3)n1)CCNCC2. The summed E-state index contributed by atoms with van der Waals surface area (Å²) in [5.74, 6) is 3.62. The summed E-state index contributed by atoms with van der Waals surface area (Å²) in [5, 5.41) is 3.50. The Balaban J connectivity index is 1.65. The predicted octanol–water partition coefficient (Wildman–Crippen LogP) is 2.10. The first-order valence-corrected chi connectivity index (χ1v) is 9.42. The van der Waals surface area contributed by atoms with Crippen molar-refractivity contribution in [3.05, 3.63) is 29.2 Å². The number of nitrogens with zero attached hydrogens (tertiary/aromatic N) is 3. The molecule has 3 heterocycles. The van der Waals surface area contributed by atoms with Crippen molar-refractivity contribution in [3.63, 3.8) is 0 Å². The van der Waals surface area contributed by atoms with E-state index in [-0.39, 0.29) is 0 Å². The molecule has 24 heavy (non-hydrogen) atoms. The van der Waals surface area contributed by atoms with Gasteiger partial charge in [0, 0.05) is 38.2 Å². The van der Waals surface area contributed by atoms with Crippen LogP contribution in [0, 0.1) is 11.8 Å². The molecule has 1 aromatic heterocycles. The zero-order chi connectivity index (χ0) is 16.4. The summed E-state index contributed by atoms with van der Waals surface area (Å²) in [6, 6.07) is 0. The maximum atomic E-state index is 5.58. The Kier molecular flexibility index (Phi) is 4.81. The molecule has 2 unspecified atom stereocenters. The van der Waals surface area contributed by atoms with Gasteiger partial charge in [0.25, 0.3) is 0 Å². The van der Waals surface area contributed by atoms with Crippen molar-refractivity contribution in [2.24, 2.45) is 11.8 Å². The molecular weight excluding hydrogens is 300 g/mol. The van der Waals surface area contributed by atoms with Gasteiger partial charge in [-0.3, -0.25) is 0 Å². The third kappa shape index (κ3) is 3.20. The number of fused-ring (bicyclic) bond motifs is 2. The molecule has 4 rings (SSSR count). The van der Waals surface area contributed by atoms with Crippen LogP contribution in [-0.4, -0.2) is 42.8 Å². The fourth-order valence-electron chi connectivity index (χ4n) is 4.28. The fraction of sp³-hybridized carbons (Fsp3) is 0.684. The number of rotatable bonds is 4. The quantitative estimate of drug-likeness (QED) is 0.858. The zero-order valence-electron chi connectivity index (χ0n) is 14.6. The zero-order valence-corrected chi connectivity index (χ0v) is 14.6. The van der Waals surface area contributed by atoms with E-state index in [4.69, 9.17) is 14.7 Å². The van der Waals surface area contributed by atoms with Crippen molar-refractivity contribution in [2.75, 3.05) is 37.7 Å². The second kappa shape index (κ2) is 7.19. The summed E-state index contributed by atoms with van der Waals surface area (Å²) in [4.78, 5) is 12.3. The van der Waals surface area contributed by atoms with E-state index in [1.807, 2.05) is 6.92 Å². The molecule has 1 saturated heterocycles. The Labute approximate surface area is 144 Å². The van der Waals surface area contributed by atoms with Gasteiger partial charge in [-0.1, -0.05) is 12.2 Å². The lowest BCUT2D eigenvalue weighted by Crippen LogP contribution is -2.25. The minimum absolute atomic E-state index is 0.520. The van der Waals surface area contributed by atoms with Crippen LogP contribution in [0.2, 0.25) is 0 Å². The van der Waals surface area contributed by atoms with Crippen LogP contribution in [0.5, 0.6) is 0 Å². The monoisotopic (exact) mass is 328 g/mol. The van der Waals surface area contributed by atoms with Crippen molar-refractivity contribution in [1.29, 1.82) is 0 Å². The van der Waals surface area contributed by atoms with Gasteiger partial charge in [-0.2, -0.15) is 0 Å². The van der Waals surface area contributed by atoms with E-state index in [0.29, 0.717) is 13.2 Å². The first-order chi connectivity index (χ1) is 11.8. The molecular formula is C19H28N4O. The second-order valence-corrected chi connectivity index (χ2v) is 7.14. The van der Waals surface area contributed by atoms with Crippen molar-refractivity contribution < 1.29 is 4.74 Å². The average molecular weight is 328 g/mol. The number of hydrogen-bond acceptors (Lipinski definition) is 5. The second-order valence-electron chi connectivity index (χ2n) is 7.14. The minimum atomic E-state index is 0.520. The summed E-state index contributed by atoms with van der Waals surface area (Å²) in [5.41, 5.74) is 2.60. The van der Waals surface area contributed by atoms with Crippen LogP contribution in [0.3, 0.4) is 0 Å². The highest BCUT2D eigenvalue weighted by Crippen LogP contribution is 2.36. The molecule has 5 nitrogen and oxygen atoms in total. The van der Waals surface area contributed by atoms with Gasteiger partial charge in [0.2, 0.25) is 0 Å². The lowest BCUT2D eigenvalue weighted by Gasteiger charge is -2.23. The van der Waals surface area contributed by atoms with Crippen molar-refractivity contribution in [1.82, 2.24) is 15.3 Å². The molecule has 1 aromatic rings. The first-order valence-electron chi connectivity index (χ1n) is 9.42. The third-order valence-corrected chi connectivity index (χ3v) is 5.56. The van der Waals surface area contributed by atoms with E-state index >= 15 is 0 Å². The van der Waals surface area contributed by atoms with Gasteiger partial charge >= 0.3 is 0 Å². The molecule has 0 radical (unpaired) electrons. The highest BCUT2D eigenvalue weighted by molar-refractivity contribution is 5.51. The third-order valence-electron chi connectivity index (χ3n) is 5.56. The van der Waals surface area contributed by atoms with Gasteiger partial charge in [-0.05, 0) is 44.6 Å². The van der Waals surface area contributed by atoms with Gasteiger partial charge in [-0.15, -0.1) is 0 Å². The van der Waals surface area contributed by atoms with Gasteiger partial charge in [0.15, 0.2) is 5.82 Å². The van der Waals surface area contributed by atoms with Crippen LogP contribution < -0.4 is 10.2 Å². The highest BCUT2D eigenvalue weighted by Gasteiger charge is 2.35. The normalized spacial score (nSPS) is 26.1. The Hall–Kier alpha value is -1.46. The van der Waals surface area contributed by atoms with E-state index in [1.54, 1.807) is 0 Å². The van der Waals surface area contributed by atoms with Gasteiger partial charge in [0.05, 0.1) is 5.69 Å². The van der Waals surface area contributed by atoms with Gasteiger partial charge in [0.1, 0.15) is 12.4 Å². The number of allylic oxidation sites excluding steroid dienone is 2. The largest absolute Gasteiger partial charge is 0.374 e. The minimum Gasteiger partial charge on any atom is -0.374 e. The number of aromatic nitrogens is 2. The molecule has 1 fully saturated rings. The van der Waals surface area contributed by atoms with Crippen LogP contribution in [0.25, 0.3) is 0 Å². The van der Waals surface area contributed by atoms with Crippen LogP contribution in [0.15, 0.2) is 12.2 Å². The summed E-state index contributed by atoms with van der Waals surface area (Å²) >= 11 is 0. The van der Waals surface area contributed by atoms with E-state index in [9.17, 15) is 0 Å². The number of hydrogen-bond donors (Lipinski definition) is 1. The van der Waals surface area contributed by atoms with Gasteiger partial charge < -0.3 is 15.0 Å². The van der Waals surface area contributed by atoms with Crippen molar-refractivity contribution >= 4 is 5.82 Å². The van der Waals surface area contributed by atoms with Crippen LogP contribution in [0.1, 0.15) is 36.8 Å². The highest BCUT2D eigenvalue weighted by atomic mass is 16.5. The molecule has 0 aromatic carbocycles. The summed E-state index contributed by atoms with van der Waals surface area (Å²) in [6.07, 6.45) is 9.19. The number of ether oxygens (including phenoxy) is 1. The maximum absolute atomic E-state index is 5.58. The molecule has 2 aliphatic heterocycles. The molecule has 2 atom stereocenters.